The quantitative estimate of drug-likeness (QED) is 0.168. The lowest BCUT2D eigenvalue weighted by Crippen LogP contribution is -2.03. The third kappa shape index (κ3) is 5.63. The topological polar surface area (TPSA) is 43.6 Å². The molecular weight excluding hydrogens is 749 g/mol. The van der Waals surface area contributed by atoms with E-state index in [0.717, 1.165) is 44.2 Å². The Morgan fingerprint density at radius 3 is 1.93 bits per heavy atom. The van der Waals surface area contributed by atoms with Gasteiger partial charge in [0.15, 0.2) is 17.5 Å². The molecule has 12 rings (SSSR count). The van der Waals surface area contributed by atoms with E-state index in [4.69, 9.17) is 23.2 Å². The summed E-state index contributed by atoms with van der Waals surface area (Å²) in [4.78, 5) is 15.5. The van der Waals surface area contributed by atoms with Gasteiger partial charge in [-0.05, 0) is 69.4 Å². The summed E-state index contributed by atoms with van der Waals surface area (Å²) < 4.78 is 66.2. The van der Waals surface area contributed by atoms with Crippen molar-refractivity contribution in [2.24, 2.45) is 0 Å². The fraction of sp³-hybridized carbons (Fsp3) is 0. The van der Waals surface area contributed by atoms with Gasteiger partial charge in [-0.2, -0.15) is 0 Å². The number of nitrogens with zero attached hydrogens (tertiary/aromatic N) is 4. The molecule has 0 amide bonds. The van der Waals surface area contributed by atoms with Crippen LogP contribution in [-0.4, -0.2) is 19.5 Å². The van der Waals surface area contributed by atoms with Gasteiger partial charge in [-0.15, -0.1) is 11.3 Å². The first-order chi connectivity index (χ1) is 32.6. The van der Waals surface area contributed by atoms with E-state index in [1.165, 1.54) is 26.2 Å². The summed E-state index contributed by atoms with van der Waals surface area (Å²) in [6.45, 7) is 0. The fourth-order valence-corrected chi connectivity index (χ4v) is 9.64. The maximum atomic E-state index is 9.19. The first-order valence-electron chi connectivity index (χ1n) is 23.1. The second-order valence-electron chi connectivity index (χ2n) is 14.6. The summed E-state index contributed by atoms with van der Waals surface area (Å²) in [7, 11) is 0. The summed E-state index contributed by atoms with van der Waals surface area (Å²) in [5, 5.41) is 4.87. The Bertz CT molecular complexity index is 4030. The van der Waals surface area contributed by atoms with E-state index in [1.54, 1.807) is 28.0 Å². The molecule has 5 heteroatoms. The summed E-state index contributed by atoms with van der Waals surface area (Å²) in [6, 6.07) is 52.2. The average molecular weight is 790 g/mol. The lowest BCUT2D eigenvalue weighted by Gasteiger charge is -2.15. The van der Waals surface area contributed by atoms with Gasteiger partial charge in [-0.3, -0.25) is 0 Å². The molecule has 0 saturated heterocycles. The van der Waals surface area contributed by atoms with Crippen molar-refractivity contribution in [1.29, 1.82) is 0 Å². The Balaban J connectivity index is 1.09. The summed E-state index contributed by atoms with van der Waals surface area (Å²) in [6.07, 6.45) is 0. The van der Waals surface area contributed by atoms with Crippen molar-refractivity contribution in [3.05, 3.63) is 206 Å². The van der Waals surface area contributed by atoms with Crippen LogP contribution in [0.3, 0.4) is 0 Å². The van der Waals surface area contributed by atoms with Crippen molar-refractivity contribution in [3.63, 3.8) is 0 Å². The molecule has 0 aliphatic carbocycles. The van der Waals surface area contributed by atoms with Crippen molar-refractivity contribution in [1.82, 2.24) is 19.5 Å². The molecule has 4 nitrogen and oxygen atoms in total. The van der Waals surface area contributed by atoms with Crippen molar-refractivity contribution < 1.29 is 9.60 Å². The molecule has 60 heavy (non-hydrogen) atoms. The van der Waals surface area contributed by atoms with Crippen LogP contribution in [0.2, 0.25) is 0 Å². The van der Waals surface area contributed by atoms with E-state index in [-0.39, 0.29) is 57.8 Å². The number of thiophene rings is 1. The highest BCUT2D eigenvalue weighted by molar-refractivity contribution is 7.26. The lowest BCUT2D eigenvalue weighted by molar-refractivity contribution is 1.06. The van der Waals surface area contributed by atoms with Crippen molar-refractivity contribution in [3.8, 4) is 62.1 Å². The summed E-state index contributed by atoms with van der Waals surface area (Å²) in [5.41, 5.74) is 6.93. The van der Waals surface area contributed by atoms with Crippen molar-refractivity contribution >= 4 is 64.1 Å². The Morgan fingerprint density at radius 1 is 0.400 bits per heavy atom. The van der Waals surface area contributed by atoms with Crippen LogP contribution in [0.15, 0.2) is 206 Å². The second-order valence-corrected chi connectivity index (χ2v) is 15.7. The van der Waals surface area contributed by atoms with Gasteiger partial charge in [0.05, 0.1) is 26.3 Å². The third-order valence-electron chi connectivity index (χ3n) is 11.2. The van der Waals surface area contributed by atoms with Gasteiger partial charge in [0.25, 0.3) is 0 Å². The first-order valence-corrected chi connectivity index (χ1v) is 20.4. The number of para-hydroxylation sites is 3. The van der Waals surface area contributed by atoms with Crippen LogP contribution < -0.4 is 0 Å². The molecule has 0 aliphatic rings. The maximum absolute atomic E-state index is 9.19. The molecule has 0 fully saturated rings. The highest BCUT2D eigenvalue weighted by Gasteiger charge is 2.20. The Labute approximate surface area is 360 Å². The van der Waals surface area contributed by atoms with Crippen LogP contribution >= 0.6 is 11.3 Å². The van der Waals surface area contributed by atoms with Gasteiger partial charge in [0.1, 0.15) is 0 Å². The van der Waals surface area contributed by atoms with Crippen LogP contribution in [0, 0.1) is 0 Å². The van der Waals surface area contributed by atoms with Crippen LogP contribution in [0.5, 0.6) is 0 Å². The normalized spacial score (nSPS) is 13.3. The molecule has 3 heterocycles. The van der Waals surface area contributed by atoms with Gasteiger partial charge >= 0.3 is 0 Å². The number of aromatic nitrogens is 4. The van der Waals surface area contributed by atoms with Gasteiger partial charge in [0.2, 0.25) is 0 Å². The van der Waals surface area contributed by atoms with Crippen LogP contribution in [0.4, 0.5) is 0 Å². The zero-order valence-corrected chi connectivity index (χ0v) is 32.6. The van der Waals surface area contributed by atoms with Crippen LogP contribution in [0.1, 0.15) is 9.60 Å². The predicted octanol–water partition coefficient (Wildman–Crippen LogP) is 14.8. The smallest absolute Gasteiger partial charge is 0.166 e. The summed E-state index contributed by atoms with van der Waals surface area (Å²) in [5.74, 6) is 1.11. The Hall–Kier alpha value is -7.73. The predicted molar refractivity (Wildman–Crippen MR) is 252 cm³/mol. The molecular formula is C55H34N4S. The highest BCUT2D eigenvalue weighted by Crippen LogP contribution is 2.41. The Kier molecular flexibility index (Phi) is 6.48. The molecule has 0 radical (unpaired) electrons. The van der Waals surface area contributed by atoms with Gasteiger partial charge in [-0.1, -0.05) is 170 Å². The number of fused-ring (bicyclic) bond motifs is 7. The SMILES string of the molecule is [2H]c1cc([2H])c2c(c1[2H])c1c([2H])c([2H])c([2H])c([2H])c1n2-c1ccccc1-c1nc(-c2ccc(-c3cccc4ccccc34)cc2)nc(-c2cccc(-c3cccc4c3sc3ccccc34)c2)n1. The van der Waals surface area contributed by atoms with E-state index < -0.39 is 12.1 Å². The largest absolute Gasteiger partial charge is 0.309 e. The molecule has 3 aromatic heterocycles. The minimum Gasteiger partial charge on any atom is -0.309 e. The zero-order chi connectivity index (χ0) is 45.7. The minimum atomic E-state index is -0.463. The van der Waals surface area contributed by atoms with Crippen molar-refractivity contribution in [2.45, 2.75) is 0 Å². The van der Waals surface area contributed by atoms with Crippen LogP contribution in [0.25, 0.3) is 115 Å². The standard InChI is InChI=1S/C55H34N4S/c1-2-18-40-35(14-1)15-12-23-41(40)36-30-32-37(33-31-36)53-56-54(39-17-11-16-38(34-39)42-24-13-25-46-45-21-6-10-29-51(45)60-52(42)46)58-55(57-53)47-22-5-9-28-50(47)59-48-26-7-3-19-43(48)44-20-4-8-27-49(44)59/h1-34H/i3D,4D,7D,19D,20D,26D,27D. The van der Waals surface area contributed by atoms with E-state index in [2.05, 4.69) is 97.1 Å². The molecule has 0 spiro atoms. The zero-order valence-electron chi connectivity index (χ0n) is 38.8. The fourth-order valence-electron chi connectivity index (χ4n) is 8.40. The van der Waals surface area contributed by atoms with Gasteiger partial charge < -0.3 is 4.57 Å². The number of benzene rings is 9. The molecule has 12 aromatic rings. The number of hydrogen-bond donors (Lipinski definition) is 0. The molecule has 0 bridgehead atoms. The second kappa shape index (κ2) is 14.0. The molecule has 280 valence electrons. The molecule has 0 N–H and O–H groups in total. The Morgan fingerprint density at radius 2 is 1.02 bits per heavy atom. The maximum Gasteiger partial charge on any atom is 0.166 e. The third-order valence-corrected chi connectivity index (χ3v) is 12.4. The van der Waals surface area contributed by atoms with Gasteiger partial charge in [0, 0.05) is 47.6 Å². The summed E-state index contributed by atoms with van der Waals surface area (Å²) >= 11 is 1.77. The van der Waals surface area contributed by atoms with E-state index in [9.17, 15) is 1.37 Å². The minimum absolute atomic E-state index is 0.0668. The lowest BCUT2D eigenvalue weighted by atomic mass is 9.97. The number of hydrogen-bond acceptors (Lipinski definition) is 4. The van der Waals surface area contributed by atoms with E-state index in [1.807, 2.05) is 48.5 Å². The van der Waals surface area contributed by atoms with E-state index in [0.29, 0.717) is 22.9 Å². The molecule has 0 atom stereocenters. The van der Waals surface area contributed by atoms with Gasteiger partial charge in [-0.25, -0.2) is 15.0 Å². The molecule has 9 aromatic carbocycles. The molecule has 0 aliphatic heterocycles. The first kappa shape index (κ1) is 27.8. The van der Waals surface area contributed by atoms with Crippen LogP contribution in [-0.2, 0) is 0 Å². The molecule has 0 unspecified atom stereocenters. The molecule has 0 saturated carbocycles. The monoisotopic (exact) mass is 789 g/mol. The average Bonchev–Trinajstić information content (AvgIpc) is 3.94. The van der Waals surface area contributed by atoms with E-state index >= 15 is 0 Å². The van der Waals surface area contributed by atoms with Crippen molar-refractivity contribution in [2.75, 3.05) is 0 Å². The number of rotatable bonds is 6. The highest BCUT2D eigenvalue weighted by atomic mass is 32.1.